The van der Waals surface area contributed by atoms with E-state index < -0.39 is 11.2 Å². The number of aliphatic hydroxyl groups excluding tert-OH is 2. The predicted octanol–water partition coefficient (Wildman–Crippen LogP) is 17.0. The van der Waals surface area contributed by atoms with Gasteiger partial charge in [0.1, 0.15) is 46.0 Å². The van der Waals surface area contributed by atoms with Gasteiger partial charge in [-0.05, 0) is 321 Å². The molecule has 0 unspecified atom stereocenters. The average molecular weight is 2020 g/mol. The van der Waals surface area contributed by atoms with Gasteiger partial charge in [-0.15, -0.1) is 45.3 Å². The van der Waals surface area contributed by atoms with E-state index in [4.69, 9.17) is 0 Å². The SMILES string of the molecule is CC[C@@H](C)Nc1cc(C)c(-c2sc(C(=O)N[C@@H]3CC[C@@H](O)C3)nc2C(=O)N2C3CCC2CC3)cn1.CC[C@@H](C)Nc1cc(C)c(-c2sc(C(=O)N[C@H]3CC[C@H](O)C3)nc2C(=O)N2C3CCC2CC3)cn1.Cc1cc(N[C@@H](C)C2CCC2)ncc1-c1sc(C(=O)NCC(C)(C)O)nc1C(=O)N1C2CCC1CC2.Cc1cc(N[C@H](C)C2CCC2)ncc1-c1sc(C(=O)NCC(C)(C)O)nc1C(=O)N1C2CCC1CC2. The van der Waals surface area contributed by atoms with Crippen LogP contribution in [-0.4, -0.2) is 248 Å². The maximum atomic E-state index is 13.8. The van der Waals surface area contributed by atoms with E-state index in [-0.39, 0.29) is 153 Å². The second kappa shape index (κ2) is 44.1. The molecule has 12 aliphatic rings. The number of carbonyl (C=O) groups is 8. The number of aliphatic hydroxyl groups is 4. The highest BCUT2D eigenvalue weighted by atomic mass is 32.1. The molecule has 12 fully saturated rings. The molecule has 8 aliphatic heterocycles. The van der Waals surface area contributed by atoms with Crippen molar-refractivity contribution in [3.8, 4) is 41.8 Å². The van der Waals surface area contributed by atoms with Crippen molar-refractivity contribution in [3.05, 3.63) is 114 Å². The van der Waals surface area contributed by atoms with Crippen LogP contribution in [0.15, 0.2) is 49.1 Å². The molecule has 0 aromatic carbocycles. The molecule has 8 bridgehead atoms. The highest BCUT2D eigenvalue weighted by Gasteiger charge is 2.50. The van der Waals surface area contributed by atoms with E-state index in [1.54, 1.807) is 52.5 Å². The first-order valence-electron chi connectivity index (χ1n) is 52.2. The molecule has 12 N–H and O–H groups in total. The average Bonchev–Trinajstić information content (AvgIpc) is 1.62. The number of nitrogens with one attached hydrogen (secondary N) is 8. The van der Waals surface area contributed by atoms with E-state index in [1.165, 1.54) is 83.9 Å². The lowest BCUT2D eigenvalue weighted by Gasteiger charge is -2.32. The summed E-state index contributed by atoms with van der Waals surface area (Å²) in [6.07, 6.45) is 36.7. The summed E-state index contributed by atoms with van der Waals surface area (Å²) in [5.74, 6) is 2.99. The van der Waals surface area contributed by atoms with Crippen molar-refractivity contribution in [2.24, 2.45) is 11.8 Å². The van der Waals surface area contributed by atoms with Gasteiger partial charge in [-0.1, -0.05) is 26.7 Å². The highest BCUT2D eigenvalue weighted by molar-refractivity contribution is 7.18. The summed E-state index contributed by atoms with van der Waals surface area (Å²) in [5.41, 5.74) is 6.57. The normalized spacial score (nSPS) is 24.3. The van der Waals surface area contributed by atoms with Crippen molar-refractivity contribution >= 4 is 116 Å². The van der Waals surface area contributed by atoms with Crippen molar-refractivity contribution in [2.45, 2.75) is 398 Å². The van der Waals surface area contributed by atoms with Crippen molar-refractivity contribution in [1.29, 1.82) is 0 Å². The maximum absolute atomic E-state index is 13.8. The smallest absolute Gasteiger partial charge is 0.280 e. The zero-order valence-corrected chi connectivity index (χ0v) is 88.0. The number of aromatic nitrogens is 8. The van der Waals surface area contributed by atoms with Crippen molar-refractivity contribution in [1.82, 2.24) is 80.7 Å². The lowest BCUT2D eigenvalue weighted by atomic mass is 9.80. The minimum atomic E-state index is -1.04. The molecule has 32 nitrogen and oxygen atoms in total. The summed E-state index contributed by atoms with van der Waals surface area (Å²) in [6.45, 7) is 27.7. The first-order chi connectivity index (χ1) is 67.9. The highest BCUT2D eigenvalue weighted by Crippen LogP contribution is 2.48. The van der Waals surface area contributed by atoms with E-state index in [0.717, 1.165) is 196 Å². The van der Waals surface area contributed by atoms with Crippen LogP contribution in [0.4, 0.5) is 23.3 Å². The molecule has 8 aromatic heterocycles. The molecule has 20 rings (SSSR count). The fourth-order valence-corrected chi connectivity index (χ4v) is 26.8. The van der Waals surface area contributed by atoms with Gasteiger partial charge in [0.2, 0.25) is 0 Å². The van der Waals surface area contributed by atoms with E-state index in [2.05, 4.69) is 124 Å². The predicted molar refractivity (Wildman–Crippen MR) is 556 cm³/mol. The Morgan fingerprint density at radius 2 is 0.599 bits per heavy atom. The topological polar surface area (TPSA) is 430 Å². The number of amides is 8. The second-order valence-electron chi connectivity index (χ2n) is 43.4. The first-order valence-corrected chi connectivity index (χ1v) is 55.4. The third-order valence-electron chi connectivity index (χ3n) is 31.6. The molecule has 764 valence electrons. The monoisotopic (exact) mass is 2020 g/mol. The molecule has 4 saturated carbocycles. The maximum Gasteiger partial charge on any atom is 0.280 e. The van der Waals surface area contributed by atoms with Gasteiger partial charge in [-0.3, -0.25) is 38.4 Å². The molecule has 0 radical (unpaired) electrons. The van der Waals surface area contributed by atoms with Crippen LogP contribution in [0, 0.1) is 39.5 Å². The van der Waals surface area contributed by atoms with Gasteiger partial charge in [0.25, 0.3) is 47.3 Å². The number of anilines is 4. The Morgan fingerprint density at radius 1 is 0.359 bits per heavy atom. The molecule has 16 heterocycles. The summed E-state index contributed by atoms with van der Waals surface area (Å²) < 4.78 is 0. The van der Waals surface area contributed by atoms with Crippen molar-refractivity contribution < 1.29 is 58.8 Å². The van der Waals surface area contributed by atoms with Gasteiger partial charge < -0.3 is 82.6 Å². The second-order valence-corrected chi connectivity index (χ2v) is 47.4. The van der Waals surface area contributed by atoms with Gasteiger partial charge >= 0.3 is 0 Å². The molecule has 4 aliphatic carbocycles. The van der Waals surface area contributed by atoms with E-state index in [9.17, 15) is 58.8 Å². The summed E-state index contributed by atoms with van der Waals surface area (Å²) in [5, 5.41) is 66.1. The third-order valence-corrected chi connectivity index (χ3v) is 35.9. The summed E-state index contributed by atoms with van der Waals surface area (Å²) in [4.78, 5) is 155. The molecular weight excluding hydrogens is 1870 g/mol. The minimum Gasteiger partial charge on any atom is -0.393 e. The van der Waals surface area contributed by atoms with Gasteiger partial charge in [-0.25, -0.2) is 39.9 Å². The minimum absolute atomic E-state index is 0.0623. The molecular formula is C106H144N20O12S4. The van der Waals surface area contributed by atoms with E-state index >= 15 is 0 Å². The first kappa shape index (κ1) is 103. The number of nitrogens with zero attached hydrogens (tertiary/aromatic N) is 12. The number of hydrogen-bond donors (Lipinski definition) is 12. The van der Waals surface area contributed by atoms with Crippen LogP contribution in [0.25, 0.3) is 41.8 Å². The summed E-state index contributed by atoms with van der Waals surface area (Å²) >= 11 is 4.96. The Kier molecular flexibility index (Phi) is 32.1. The number of rotatable bonds is 30. The third kappa shape index (κ3) is 23.4. The van der Waals surface area contributed by atoms with Gasteiger partial charge in [-0.2, -0.15) is 0 Å². The molecule has 36 heteroatoms. The molecule has 8 amide bonds. The Bertz CT molecular complexity index is 5520. The van der Waals surface area contributed by atoms with Crippen LogP contribution < -0.4 is 42.5 Å². The number of pyridine rings is 4. The standard InChI is InChI=1S/2C27H37N5O3S.2C26H35N5O3S/c2*1-15-12-21(30-16(2)17-6-5-7-17)28-13-20(15)23-22(26(34)32-18-8-9-19(32)11-10-18)31-25(36-23)24(33)29-14-27(3,4)35;2*1-4-15(3)28-21-11-14(2)20(13-27-21)23-22(26(34)31-17-6-7-18(31)9-8-17)30-25(35-23)24(33)29-16-5-10-19(32)12-16/h2*12-13,16-19,35H,5-11,14H2,1-4H3,(H,28,30)(H,29,33);2*11,13,15-19,32H,4-10,12H2,1-3H3,(H,27,28)(H,29,33)/t2*16-,18?,19?;15-,16+,17?,18?,19+;15-,16-,17?,18?,19-/m1011/s1. The Labute approximate surface area is 849 Å². The fourth-order valence-electron chi connectivity index (χ4n) is 22.6. The lowest BCUT2D eigenvalue weighted by molar-refractivity contribution is 0.0691. The fraction of sp³-hybridized carbons (Fsp3) is 0.623. The van der Waals surface area contributed by atoms with Crippen LogP contribution in [0.2, 0.25) is 0 Å². The number of aryl methyl sites for hydroxylation is 4. The van der Waals surface area contributed by atoms with Crippen LogP contribution in [0.5, 0.6) is 0 Å². The zero-order chi connectivity index (χ0) is 101. The Hall–Kier alpha value is -10.1. The van der Waals surface area contributed by atoms with Crippen LogP contribution >= 0.6 is 45.3 Å². The Morgan fingerprint density at radius 3 is 0.803 bits per heavy atom. The molecule has 142 heavy (non-hydrogen) atoms. The molecule has 8 saturated heterocycles. The number of carbonyl (C=O) groups excluding carboxylic acids is 8. The quantitative estimate of drug-likeness (QED) is 0.0199. The van der Waals surface area contributed by atoms with Crippen LogP contribution in [0.1, 0.15) is 365 Å². The van der Waals surface area contributed by atoms with E-state index in [0.29, 0.717) is 104 Å². The molecule has 8 atom stereocenters. The van der Waals surface area contributed by atoms with Gasteiger partial charge in [0.15, 0.2) is 20.0 Å². The molecule has 0 spiro atoms. The lowest BCUT2D eigenvalue weighted by Crippen LogP contribution is -2.38. The summed E-state index contributed by atoms with van der Waals surface area (Å²) in [7, 11) is 0. The number of thiazole rings is 4. The largest absolute Gasteiger partial charge is 0.393 e. The van der Waals surface area contributed by atoms with Crippen LogP contribution in [-0.2, 0) is 0 Å². The number of hydrogen-bond acceptors (Lipinski definition) is 28. The van der Waals surface area contributed by atoms with Gasteiger partial charge in [0.05, 0.1) is 42.9 Å². The zero-order valence-electron chi connectivity index (χ0n) is 84.7. The van der Waals surface area contributed by atoms with Crippen LogP contribution in [0.3, 0.4) is 0 Å². The number of fused-ring (bicyclic) bond motifs is 8. The van der Waals surface area contributed by atoms with Crippen molar-refractivity contribution in [3.63, 3.8) is 0 Å². The summed E-state index contributed by atoms with van der Waals surface area (Å²) in [6, 6.07) is 11.4. The Balaban J connectivity index is 0.000000130. The van der Waals surface area contributed by atoms with Crippen molar-refractivity contribution in [2.75, 3.05) is 34.4 Å². The van der Waals surface area contributed by atoms with Gasteiger partial charge in [0, 0.05) is 145 Å². The molecule has 8 aromatic rings. The van der Waals surface area contributed by atoms with E-state index in [1.807, 2.05) is 71.6 Å².